The highest BCUT2D eigenvalue weighted by Crippen LogP contribution is 2.48. The zero-order valence-electron chi connectivity index (χ0n) is 19.6. The molecule has 0 unspecified atom stereocenters. The molecule has 0 radical (unpaired) electrons. The third kappa shape index (κ3) is 4.76. The zero-order valence-corrected chi connectivity index (χ0v) is 19.6. The molecule has 1 fully saturated rings. The summed E-state index contributed by atoms with van der Waals surface area (Å²) in [6, 6.07) is 29.2. The monoisotopic (exact) mass is 450 g/mol. The molecule has 1 heterocycles. The van der Waals surface area contributed by atoms with E-state index in [1.54, 1.807) is 7.11 Å². The van der Waals surface area contributed by atoms with Crippen LogP contribution in [-0.2, 0) is 6.54 Å². The quantitative estimate of drug-likeness (QED) is 0.280. The Labute approximate surface area is 201 Å². The van der Waals surface area contributed by atoms with Gasteiger partial charge < -0.3 is 14.4 Å². The van der Waals surface area contributed by atoms with Crippen molar-refractivity contribution in [1.82, 2.24) is 4.98 Å². The Balaban J connectivity index is 1.66. The van der Waals surface area contributed by atoms with Gasteiger partial charge in [0.2, 0.25) is 0 Å². The van der Waals surface area contributed by atoms with Crippen molar-refractivity contribution in [2.75, 3.05) is 12.0 Å². The summed E-state index contributed by atoms with van der Waals surface area (Å²) < 4.78 is 12.8. The van der Waals surface area contributed by atoms with E-state index in [4.69, 9.17) is 9.47 Å². The molecule has 1 aliphatic carbocycles. The Morgan fingerprint density at radius 1 is 0.824 bits per heavy atom. The number of para-hydroxylation sites is 1. The molecule has 3 aromatic carbocycles. The van der Waals surface area contributed by atoms with Gasteiger partial charge in [-0.25, -0.2) is 0 Å². The number of ether oxygens (including phenoxy) is 2. The maximum absolute atomic E-state index is 6.75. The number of rotatable bonds is 8. The number of nitrogens with zero attached hydrogens (tertiary/aromatic N) is 2. The molecule has 1 aliphatic rings. The highest BCUT2D eigenvalue weighted by Gasteiger charge is 2.26. The van der Waals surface area contributed by atoms with E-state index >= 15 is 0 Å². The van der Waals surface area contributed by atoms with Gasteiger partial charge in [-0.05, 0) is 67.1 Å². The predicted octanol–water partition coefficient (Wildman–Crippen LogP) is 7.42. The van der Waals surface area contributed by atoms with E-state index in [9.17, 15) is 0 Å². The smallest absolute Gasteiger partial charge is 0.185 e. The molecule has 0 aliphatic heterocycles. The fourth-order valence-corrected chi connectivity index (χ4v) is 4.70. The lowest BCUT2D eigenvalue weighted by Crippen LogP contribution is -2.20. The second kappa shape index (κ2) is 10.4. The molecule has 0 atom stereocenters. The Morgan fingerprint density at radius 3 is 2.24 bits per heavy atom. The topological polar surface area (TPSA) is 34.6 Å². The second-order valence-corrected chi connectivity index (χ2v) is 8.67. The highest BCUT2D eigenvalue weighted by atomic mass is 16.5. The van der Waals surface area contributed by atoms with Crippen molar-refractivity contribution >= 4 is 11.4 Å². The van der Waals surface area contributed by atoms with Crippen LogP contribution in [0.4, 0.5) is 11.4 Å². The van der Waals surface area contributed by atoms with Crippen LogP contribution in [0.3, 0.4) is 0 Å². The molecule has 1 aromatic heterocycles. The summed E-state index contributed by atoms with van der Waals surface area (Å²) in [5.74, 6) is 1.59. The van der Waals surface area contributed by atoms with E-state index in [2.05, 4.69) is 76.6 Å². The van der Waals surface area contributed by atoms with Crippen LogP contribution >= 0.6 is 0 Å². The van der Waals surface area contributed by atoms with Crippen molar-refractivity contribution < 1.29 is 9.47 Å². The van der Waals surface area contributed by atoms with Crippen LogP contribution in [0.1, 0.15) is 31.2 Å². The van der Waals surface area contributed by atoms with Crippen LogP contribution in [0.2, 0.25) is 0 Å². The largest absolute Gasteiger partial charge is 0.492 e. The number of methoxy groups -OCH3 is 1. The van der Waals surface area contributed by atoms with Crippen LogP contribution in [0.15, 0.2) is 97.3 Å². The highest BCUT2D eigenvalue weighted by molar-refractivity contribution is 5.82. The molecule has 0 spiro atoms. The lowest BCUT2D eigenvalue weighted by atomic mass is 10.0. The van der Waals surface area contributed by atoms with Crippen molar-refractivity contribution in [1.29, 1.82) is 0 Å². The summed E-state index contributed by atoms with van der Waals surface area (Å²) in [5, 5.41) is 0. The van der Waals surface area contributed by atoms with Gasteiger partial charge in [-0.1, -0.05) is 54.6 Å². The van der Waals surface area contributed by atoms with Gasteiger partial charge in [0.05, 0.1) is 18.9 Å². The molecule has 0 bridgehead atoms. The first kappa shape index (κ1) is 22.0. The van der Waals surface area contributed by atoms with Gasteiger partial charge in [0.1, 0.15) is 0 Å². The van der Waals surface area contributed by atoms with E-state index < -0.39 is 0 Å². The van der Waals surface area contributed by atoms with E-state index in [1.165, 1.54) is 12.8 Å². The van der Waals surface area contributed by atoms with Crippen LogP contribution in [0.25, 0.3) is 11.1 Å². The molecule has 4 heteroatoms. The number of hydrogen-bond acceptors (Lipinski definition) is 4. The lowest BCUT2D eigenvalue weighted by molar-refractivity contribution is 0.202. The van der Waals surface area contributed by atoms with E-state index in [0.717, 1.165) is 52.4 Å². The first-order valence-electron chi connectivity index (χ1n) is 12.0. The minimum atomic E-state index is 0.203. The molecule has 0 saturated heterocycles. The second-order valence-electron chi connectivity index (χ2n) is 8.67. The van der Waals surface area contributed by atoms with Gasteiger partial charge in [0.25, 0.3) is 0 Å². The standard InChI is InChI=1S/C30H30N2O2/c1-33-29-27(24-12-4-2-5-13-24)18-19-28(30(29)34-26-16-8-9-17-26)32(25-14-6-3-7-15-25)22-23-11-10-20-31-21-23/h2-7,10-15,18-21,26H,8-9,16-17,22H2,1H3. The van der Waals surface area contributed by atoms with E-state index in [1.807, 2.05) is 30.6 Å². The van der Waals surface area contributed by atoms with Crippen molar-refractivity contribution in [3.63, 3.8) is 0 Å². The third-order valence-corrected chi connectivity index (χ3v) is 6.39. The van der Waals surface area contributed by atoms with E-state index in [0.29, 0.717) is 6.54 Å². The fraction of sp³-hybridized carbons (Fsp3) is 0.233. The number of pyridine rings is 1. The lowest BCUT2D eigenvalue weighted by Gasteiger charge is -2.30. The van der Waals surface area contributed by atoms with Gasteiger partial charge in [-0.2, -0.15) is 0 Å². The molecular formula is C30H30N2O2. The Morgan fingerprint density at radius 2 is 1.56 bits per heavy atom. The first-order chi connectivity index (χ1) is 16.8. The van der Waals surface area contributed by atoms with Crippen molar-refractivity contribution in [2.24, 2.45) is 0 Å². The number of aromatic nitrogens is 1. The normalized spacial score (nSPS) is 13.6. The molecule has 1 saturated carbocycles. The van der Waals surface area contributed by atoms with Crippen LogP contribution in [-0.4, -0.2) is 18.2 Å². The Bertz CT molecular complexity index is 1190. The number of benzene rings is 3. The van der Waals surface area contributed by atoms with Crippen molar-refractivity contribution in [3.8, 4) is 22.6 Å². The molecular weight excluding hydrogens is 420 g/mol. The molecule has 0 N–H and O–H groups in total. The molecule has 5 rings (SSSR count). The SMILES string of the molecule is COc1c(-c2ccccc2)ccc(N(Cc2cccnc2)c2ccccc2)c1OC1CCCC1. The van der Waals surface area contributed by atoms with Crippen LogP contribution < -0.4 is 14.4 Å². The maximum atomic E-state index is 6.75. The third-order valence-electron chi connectivity index (χ3n) is 6.39. The van der Waals surface area contributed by atoms with Gasteiger partial charge in [0, 0.05) is 30.2 Å². The average Bonchev–Trinajstić information content (AvgIpc) is 3.42. The minimum absolute atomic E-state index is 0.203. The predicted molar refractivity (Wildman–Crippen MR) is 138 cm³/mol. The zero-order chi connectivity index (χ0) is 23.2. The average molecular weight is 451 g/mol. The first-order valence-corrected chi connectivity index (χ1v) is 12.0. The minimum Gasteiger partial charge on any atom is -0.492 e. The van der Waals surface area contributed by atoms with Gasteiger partial charge in [-0.3, -0.25) is 4.98 Å². The maximum Gasteiger partial charge on any atom is 0.185 e. The van der Waals surface area contributed by atoms with Gasteiger partial charge >= 0.3 is 0 Å². The van der Waals surface area contributed by atoms with Crippen LogP contribution in [0.5, 0.6) is 11.5 Å². The fourth-order valence-electron chi connectivity index (χ4n) is 4.70. The van der Waals surface area contributed by atoms with Gasteiger partial charge in [0.15, 0.2) is 11.5 Å². The summed E-state index contributed by atoms with van der Waals surface area (Å²) >= 11 is 0. The summed E-state index contributed by atoms with van der Waals surface area (Å²) in [5.41, 5.74) is 5.37. The number of hydrogen-bond donors (Lipinski definition) is 0. The summed E-state index contributed by atoms with van der Waals surface area (Å²) in [6.07, 6.45) is 8.50. The van der Waals surface area contributed by atoms with E-state index in [-0.39, 0.29) is 6.10 Å². The van der Waals surface area contributed by atoms with Crippen molar-refractivity contribution in [2.45, 2.75) is 38.3 Å². The summed E-state index contributed by atoms with van der Waals surface area (Å²) in [7, 11) is 1.74. The molecule has 34 heavy (non-hydrogen) atoms. The Hall–Kier alpha value is -3.79. The molecule has 0 amide bonds. The van der Waals surface area contributed by atoms with Crippen LogP contribution in [0, 0.1) is 0 Å². The molecule has 4 nitrogen and oxygen atoms in total. The van der Waals surface area contributed by atoms with Gasteiger partial charge in [-0.15, -0.1) is 0 Å². The molecule has 172 valence electrons. The molecule has 4 aromatic rings. The summed E-state index contributed by atoms with van der Waals surface area (Å²) in [4.78, 5) is 6.63. The number of anilines is 2. The Kier molecular flexibility index (Phi) is 6.76. The van der Waals surface area contributed by atoms with Crippen molar-refractivity contribution in [3.05, 3.63) is 103 Å². The summed E-state index contributed by atoms with van der Waals surface area (Å²) in [6.45, 7) is 0.673.